The Kier molecular flexibility index (Phi) is 5.39. The minimum atomic E-state index is 0.698. The van der Waals surface area contributed by atoms with Gasteiger partial charge in [-0.1, -0.05) is 6.92 Å². The Balaban J connectivity index is 2.20. The van der Waals surface area contributed by atoms with E-state index in [0.717, 1.165) is 13.1 Å². The zero-order valence-electron chi connectivity index (χ0n) is 7.84. The van der Waals surface area contributed by atoms with Gasteiger partial charge < -0.3 is 5.32 Å². The Labute approximate surface area is 96.4 Å². The average Bonchev–Trinajstić information content (AvgIpc) is 2.51. The molecular weight excluding hydrogens is 266 g/mol. The first-order valence-corrected chi connectivity index (χ1v) is 7.15. The number of thioether (sulfide) groups is 1. The van der Waals surface area contributed by atoms with Crippen molar-refractivity contribution in [3.63, 3.8) is 0 Å². The maximum atomic E-state index is 3.45. The predicted octanol–water partition coefficient (Wildman–Crippen LogP) is 3.35. The summed E-state index contributed by atoms with van der Waals surface area (Å²) in [6, 6.07) is 2.17. The summed E-state index contributed by atoms with van der Waals surface area (Å²) in [4.78, 5) is 1.39. The molecule has 1 aromatic rings. The summed E-state index contributed by atoms with van der Waals surface area (Å²) in [6.07, 6.45) is 2.15. The fourth-order valence-corrected chi connectivity index (χ4v) is 2.63. The molecule has 1 atom stereocenters. The van der Waals surface area contributed by atoms with Crippen LogP contribution in [0.15, 0.2) is 15.9 Å². The van der Waals surface area contributed by atoms with E-state index in [-0.39, 0.29) is 0 Å². The van der Waals surface area contributed by atoms with Crippen molar-refractivity contribution in [2.75, 3.05) is 12.8 Å². The molecule has 0 aromatic carbocycles. The molecule has 0 saturated heterocycles. The number of rotatable bonds is 5. The number of halogens is 1. The summed E-state index contributed by atoms with van der Waals surface area (Å²) >= 11 is 7.13. The molecule has 4 heteroatoms. The van der Waals surface area contributed by atoms with E-state index in [2.05, 4.69) is 45.9 Å². The molecule has 0 aliphatic carbocycles. The van der Waals surface area contributed by atoms with Gasteiger partial charge in [-0.15, -0.1) is 11.3 Å². The van der Waals surface area contributed by atoms with E-state index in [1.165, 1.54) is 9.35 Å². The lowest BCUT2D eigenvalue weighted by Gasteiger charge is -2.08. The maximum Gasteiger partial charge on any atom is 0.0300 e. The second-order valence-electron chi connectivity index (χ2n) is 2.91. The van der Waals surface area contributed by atoms with Crippen molar-refractivity contribution in [3.05, 3.63) is 20.8 Å². The summed E-state index contributed by atoms with van der Waals surface area (Å²) < 4.78 is 1.19. The van der Waals surface area contributed by atoms with E-state index in [4.69, 9.17) is 0 Å². The van der Waals surface area contributed by atoms with Gasteiger partial charge >= 0.3 is 0 Å². The van der Waals surface area contributed by atoms with E-state index in [9.17, 15) is 0 Å². The minimum absolute atomic E-state index is 0.698. The van der Waals surface area contributed by atoms with Crippen molar-refractivity contribution in [3.8, 4) is 0 Å². The van der Waals surface area contributed by atoms with Gasteiger partial charge in [-0.25, -0.2) is 0 Å². The molecular formula is C9H14BrNS2. The lowest BCUT2D eigenvalue weighted by molar-refractivity contribution is 0.691. The first-order chi connectivity index (χ1) is 6.22. The van der Waals surface area contributed by atoms with E-state index < -0.39 is 0 Å². The van der Waals surface area contributed by atoms with Crippen LogP contribution in [0.1, 0.15) is 11.8 Å². The van der Waals surface area contributed by atoms with Crippen molar-refractivity contribution in [2.45, 2.75) is 18.7 Å². The lowest BCUT2D eigenvalue weighted by Crippen LogP contribution is -2.21. The van der Waals surface area contributed by atoms with Crippen molar-refractivity contribution >= 4 is 39.0 Å². The van der Waals surface area contributed by atoms with Gasteiger partial charge in [-0.05, 0) is 28.3 Å². The molecule has 0 radical (unpaired) electrons. The monoisotopic (exact) mass is 279 g/mol. The van der Waals surface area contributed by atoms with Gasteiger partial charge in [-0.2, -0.15) is 11.8 Å². The maximum absolute atomic E-state index is 3.45. The molecule has 0 fully saturated rings. The Morgan fingerprint density at radius 3 is 3.00 bits per heavy atom. The molecule has 74 valence electrons. The molecule has 13 heavy (non-hydrogen) atoms. The number of nitrogens with one attached hydrogen (secondary N) is 1. The average molecular weight is 280 g/mol. The molecule has 0 bridgehead atoms. The quantitative estimate of drug-likeness (QED) is 0.887. The smallest absolute Gasteiger partial charge is 0.0300 e. The molecule has 1 aromatic heterocycles. The van der Waals surface area contributed by atoms with E-state index >= 15 is 0 Å². The second-order valence-corrected chi connectivity index (χ2v) is 6.10. The summed E-state index contributed by atoms with van der Waals surface area (Å²) in [7, 11) is 0. The van der Waals surface area contributed by atoms with Crippen LogP contribution in [0.25, 0.3) is 0 Å². The molecule has 1 rings (SSSR count). The van der Waals surface area contributed by atoms with E-state index in [1.807, 2.05) is 11.8 Å². The van der Waals surface area contributed by atoms with Gasteiger partial charge in [-0.3, -0.25) is 0 Å². The Morgan fingerprint density at radius 1 is 1.69 bits per heavy atom. The van der Waals surface area contributed by atoms with Crippen LogP contribution in [-0.2, 0) is 6.54 Å². The first-order valence-electron chi connectivity index (χ1n) is 4.19. The third kappa shape index (κ3) is 4.49. The third-order valence-corrected chi connectivity index (χ3v) is 4.42. The van der Waals surface area contributed by atoms with Crippen molar-refractivity contribution in [1.29, 1.82) is 0 Å². The van der Waals surface area contributed by atoms with E-state index in [0.29, 0.717) is 5.25 Å². The van der Waals surface area contributed by atoms with Gasteiger partial charge in [0, 0.05) is 33.1 Å². The SMILES string of the molecule is CSC(C)CNCc1cc(Br)cs1. The summed E-state index contributed by atoms with van der Waals surface area (Å²) in [5.41, 5.74) is 0. The highest BCUT2D eigenvalue weighted by Gasteiger charge is 2.00. The molecule has 0 saturated carbocycles. The minimum Gasteiger partial charge on any atom is -0.311 e. The first kappa shape index (κ1) is 11.6. The highest BCUT2D eigenvalue weighted by atomic mass is 79.9. The number of hydrogen-bond donors (Lipinski definition) is 1. The molecule has 0 aliphatic heterocycles. The number of hydrogen-bond acceptors (Lipinski definition) is 3. The standard InChI is InChI=1S/C9H14BrNS2/c1-7(12-2)4-11-5-9-3-8(10)6-13-9/h3,6-7,11H,4-5H2,1-2H3. The summed E-state index contributed by atoms with van der Waals surface area (Å²) in [5.74, 6) is 0. The molecule has 1 N–H and O–H groups in total. The molecule has 1 unspecified atom stereocenters. The van der Waals surface area contributed by atoms with Crippen LogP contribution >= 0.6 is 39.0 Å². The summed E-state index contributed by atoms with van der Waals surface area (Å²) in [6.45, 7) is 4.31. The highest BCUT2D eigenvalue weighted by Crippen LogP contribution is 2.19. The van der Waals surface area contributed by atoms with Crippen molar-refractivity contribution in [1.82, 2.24) is 5.32 Å². The van der Waals surface area contributed by atoms with Crippen molar-refractivity contribution in [2.24, 2.45) is 0 Å². The fraction of sp³-hybridized carbons (Fsp3) is 0.556. The van der Waals surface area contributed by atoms with E-state index in [1.54, 1.807) is 11.3 Å². The topological polar surface area (TPSA) is 12.0 Å². The molecule has 1 nitrogen and oxygen atoms in total. The van der Waals surface area contributed by atoms with Gasteiger partial charge in [0.25, 0.3) is 0 Å². The van der Waals surface area contributed by atoms with Crippen LogP contribution < -0.4 is 5.32 Å². The Bertz CT molecular complexity index is 250. The third-order valence-electron chi connectivity index (χ3n) is 1.76. The normalized spacial score (nSPS) is 13.2. The molecule has 0 aliphatic rings. The Hall–Kier alpha value is 0.490. The highest BCUT2D eigenvalue weighted by molar-refractivity contribution is 9.10. The summed E-state index contributed by atoms with van der Waals surface area (Å²) in [5, 5.41) is 6.25. The van der Waals surface area contributed by atoms with Crippen LogP contribution in [0.2, 0.25) is 0 Å². The predicted molar refractivity (Wildman–Crippen MR) is 66.7 cm³/mol. The molecule has 0 amide bonds. The van der Waals surface area contributed by atoms with Crippen molar-refractivity contribution < 1.29 is 0 Å². The van der Waals surface area contributed by atoms with Gasteiger partial charge in [0.15, 0.2) is 0 Å². The second kappa shape index (κ2) is 6.06. The number of thiophene rings is 1. The zero-order valence-corrected chi connectivity index (χ0v) is 11.1. The fourth-order valence-electron chi connectivity index (χ4n) is 0.928. The zero-order chi connectivity index (χ0) is 9.68. The van der Waals surface area contributed by atoms with Crippen LogP contribution in [0.3, 0.4) is 0 Å². The Morgan fingerprint density at radius 2 is 2.46 bits per heavy atom. The molecule has 0 spiro atoms. The van der Waals surface area contributed by atoms with Gasteiger partial charge in [0.2, 0.25) is 0 Å². The van der Waals surface area contributed by atoms with Crippen LogP contribution in [0.4, 0.5) is 0 Å². The van der Waals surface area contributed by atoms with Crippen LogP contribution in [0, 0.1) is 0 Å². The largest absolute Gasteiger partial charge is 0.311 e. The van der Waals surface area contributed by atoms with Gasteiger partial charge in [0.05, 0.1) is 0 Å². The van der Waals surface area contributed by atoms with Crippen LogP contribution in [-0.4, -0.2) is 18.1 Å². The lowest BCUT2D eigenvalue weighted by atomic mass is 10.4. The van der Waals surface area contributed by atoms with Gasteiger partial charge in [0.1, 0.15) is 0 Å². The van der Waals surface area contributed by atoms with Crippen LogP contribution in [0.5, 0.6) is 0 Å². The molecule has 1 heterocycles.